The van der Waals surface area contributed by atoms with Gasteiger partial charge in [-0.25, -0.2) is 4.79 Å². The predicted octanol–water partition coefficient (Wildman–Crippen LogP) is 1.13. The maximum absolute atomic E-state index is 11.0. The summed E-state index contributed by atoms with van der Waals surface area (Å²) in [4.78, 5) is 11.0. The minimum Gasteiger partial charge on any atom is -0.480 e. The molecule has 1 aromatic heterocycles. The lowest BCUT2D eigenvalue weighted by Crippen LogP contribution is -2.24. The molecule has 84 valence electrons. The molecule has 1 atom stereocenters. The van der Waals surface area contributed by atoms with Crippen LogP contribution in [0.2, 0.25) is 5.02 Å². The molecule has 1 rings (SSSR count). The Kier molecular flexibility index (Phi) is 3.71. The van der Waals surface area contributed by atoms with E-state index >= 15 is 0 Å². The van der Waals surface area contributed by atoms with Gasteiger partial charge < -0.3 is 10.8 Å². The molecule has 3 N–H and O–H groups in total. The summed E-state index contributed by atoms with van der Waals surface area (Å²) < 4.78 is 1.42. The average Bonchev–Trinajstić information content (AvgIpc) is 2.42. The van der Waals surface area contributed by atoms with Crippen molar-refractivity contribution in [3.05, 3.63) is 16.4 Å². The van der Waals surface area contributed by atoms with Crippen molar-refractivity contribution in [2.75, 3.05) is 6.54 Å². The highest BCUT2D eigenvalue weighted by atomic mass is 35.5. The van der Waals surface area contributed by atoms with Crippen molar-refractivity contribution in [1.82, 2.24) is 9.78 Å². The summed E-state index contributed by atoms with van der Waals surface area (Å²) in [5.41, 5.74) is 6.66. The summed E-state index contributed by atoms with van der Waals surface area (Å²) in [5, 5.41) is 13.6. The first-order valence-corrected chi connectivity index (χ1v) is 5.01. The highest BCUT2D eigenvalue weighted by Gasteiger charge is 2.23. The summed E-state index contributed by atoms with van der Waals surface area (Å²) >= 11 is 5.94. The smallest absolute Gasteiger partial charge is 0.328 e. The Morgan fingerprint density at radius 1 is 1.67 bits per heavy atom. The summed E-state index contributed by atoms with van der Waals surface area (Å²) in [6.45, 7) is 3.79. The number of carboxylic acid groups (broad SMARTS) is 1. The van der Waals surface area contributed by atoms with E-state index in [1.54, 1.807) is 13.8 Å². The number of rotatable bonds is 4. The summed E-state index contributed by atoms with van der Waals surface area (Å²) in [6, 6.07) is -0.735. The standard InChI is InChI=1S/C9H14ClN3O2/c1-5-8(10)6(2)13(12-5)7(3-4-11)9(14)15/h7H,3-4,11H2,1-2H3,(H,14,15). The van der Waals surface area contributed by atoms with Gasteiger partial charge in [-0.3, -0.25) is 4.68 Å². The molecule has 0 fully saturated rings. The van der Waals surface area contributed by atoms with Gasteiger partial charge in [0.15, 0.2) is 6.04 Å². The lowest BCUT2D eigenvalue weighted by Gasteiger charge is -2.13. The Labute approximate surface area is 92.8 Å². The van der Waals surface area contributed by atoms with Crippen LogP contribution in [0.4, 0.5) is 0 Å². The van der Waals surface area contributed by atoms with Crippen LogP contribution in [-0.2, 0) is 4.79 Å². The highest BCUT2D eigenvalue weighted by molar-refractivity contribution is 6.31. The van der Waals surface area contributed by atoms with Crippen molar-refractivity contribution in [2.24, 2.45) is 5.73 Å². The van der Waals surface area contributed by atoms with Gasteiger partial charge in [0.2, 0.25) is 0 Å². The van der Waals surface area contributed by atoms with Crippen LogP contribution in [-0.4, -0.2) is 27.4 Å². The third-order valence-corrected chi connectivity index (χ3v) is 2.80. The van der Waals surface area contributed by atoms with E-state index in [2.05, 4.69) is 5.10 Å². The van der Waals surface area contributed by atoms with Gasteiger partial charge in [-0.05, 0) is 26.8 Å². The van der Waals surface area contributed by atoms with Crippen molar-refractivity contribution in [3.63, 3.8) is 0 Å². The monoisotopic (exact) mass is 231 g/mol. The van der Waals surface area contributed by atoms with Crippen LogP contribution in [0.5, 0.6) is 0 Å². The Morgan fingerprint density at radius 3 is 2.60 bits per heavy atom. The molecule has 0 spiro atoms. The molecular weight excluding hydrogens is 218 g/mol. The molecule has 6 heteroatoms. The molecule has 0 aliphatic rings. The van der Waals surface area contributed by atoms with Crippen LogP contribution in [0, 0.1) is 13.8 Å². The number of aliphatic carboxylic acids is 1. The molecule has 0 radical (unpaired) electrons. The van der Waals surface area contributed by atoms with E-state index in [1.165, 1.54) is 4.68 Å². The number of carboxylic acids is 1. The van der Waals surface area contributed by atoms with Crippen molar-refractivity contribution in [3.8, 4) is 0 Å². The van der Waals surface area contributed by atoms with Gasteiger partial charge in [-0.15, -0.1) is 0 Å². The number of hydrogen-bond acceptors (Lipinski definition) is 3. The number of aromatic nitrogens is 2. The molecule has 0 aliphatic carbocycles. The molecule has 1 aromatic rings. The summed E-state index contributed by atoms with van der Waals surface area (Å²) in [6.07, 6.45) is 0.341. The van der Waals surface area contributed by atoms with Gasteiger partial charge in [0, 0.05) is 0 Å². The maximum atomic E-state index is 11.0. The Balaban J connectivity index is 3.11. The van der Waals surface area contributed by atoms with E-state index in [1.807, 2.05) is 0 Å². The molecule has 0 bridgehead atoms. The SMILES string of the molecule is Cc1nn(C(CCN)C(=O)O)c(C)c1Cl. The van der Waals surface area contributed by atoms with Gasteiger partial charge in [0.25, 0.3) is 0 Å². The number of carbonyl (C=O) groups is 1. The zero-order valence-electron chi connectivity index (χ0n) is 8.70. The van der Waals surface area contributed by atoms with Crippen molar-refractivity contribution in [1.29, 1.82) is 0 Å². The van der Waals surface area contributed by atoms with E-state index in [0.717, 1.165) is 0 Å². The number of halogens is 1. The minimum absolute atomic E-state index is 0.299. The maximum Gasteiger partial charge on any atom is 0.328 e. The van der Waals surface area contributed by atoms with E-state index in [-0.39, 0.29) is 0 Å². The van der Waals surface area contributed by atoms with Gasteiger partial charge in [-0.2, -0.15) is 5.10 Å². The molecular formula is C9H14ClN3O2. The van der Waals surface area contributed by atoms with Crippen LogP contribution >= 0.6 is 11.6 Å². The van der Waals surface area contributed by atoms with Crippen LogP contribution in [0.25, 0.3) is 0 Å². The van der Waals surface area contributed by atoms with Gasteiger partial charge in [0.1, 0.15) is 0 Å². The van der Waals surface area contributed by atoms with E-state index in [0.29, 0.717) is 29.4 Å². The molecule has 5 nitrogen and oxygen atoms in total. The predicted molar refractivity (Wildman–Crippen MR) is 57.1 cm³/mol. The fourth-order valence-electron chi connectivity index (χ4n) is 1.45. The number of hydrogen-bond donors (Lipinski definition) is 2. The Hall–Kier alpha value is -1.07. The second-order valence-electron chi connectivity index (χ2n) is 3.36. The quantitative estimate of drug-likeness (QED) is 0.814. The minimum atomic E-state index is -0.942. The number of nitrogens with two attached hydrogens (primary N) is 1. The molecule has 0 aliphatic heterocycles. The third-order valence-electron chi connectivity index (χ3n) is 2.26. The second-order valence-corrected chi connectivity index (χ2v) is 3.74. The second kappa shape index (κ2) is 4.63. The largest absolute Gasteiger partial charge is 0.480 e. The van der Waals surface area contributed by atoms with Gasteiger partial charge >= 0.3 is 5.97 Å². The molecule has 0 aromatic carbocycles. The third kappa shape index (κ3) is 2.30. The first-order chi connectivity index (χ1) is 6.99. The normalized spacial score (nSPS) is 12.8. The van der Waals surface area contributed by atoms with Crippen LogP contribution in [0.3, 0.4) is 0 Å². The molecule has 15 heavy (non-hydrogen) atoms. The number of nitrogens with zero attached hydrogens (tertiary/aromatic N) is 2. The zero-order chi connectivity index (χ0) is 11.6. The highest BCUT2D eigenvalue weighted by Crippen LogP contribution is 2.23. The first-order valence-electron chi connectivity index (χ1n) is 4.63. The molecule has 1 unspecified atom stereocenters. The van der Waals surface area contributed by atoms with E-state index in [9.17, 15) is 4.79 Å². The van der Waals surface area contributed by atoms with E-state index < -0.39 is 12.0 Å². The molecule has 0 amide bonds. The fourth-order valence-corrected chi connectivity index (χ4v) is 1.58. The van der Waals surface area contributed by atoms with Gasteiger partial charge in [0.05, 0.1) is 16.4 Å². The average molecular weight is 232 g/mol. The molecule has 0 saturated heterocycles. The fraction of sp³-hybridized carbons (Fsp3) is 0.556. The first kappa shape index (κ1) is 12.0. The van der Waals surface area contributed by atoms with Crippen LogP contribution in [0.1, 0.15) is 23.9 Å². The van der Waals surface area contributed by atoms with Crippen LogP contribution in [0.15, 0.2) is 0 Å². The molecule has 0 saturated carbocycles. The number of aryl methyl sites for hydroxylation is 1. The Bertz CT molecular complexity index is 376. The zero-order valence-corrected chi connectivity index (χ0v) is 9.45. The molecule has 1 heterocycles. The van der Waals surface area contributed by atoms with Crippen molar-refractivity contribution < 1.29 is 9.90 Å². The Morgan fingerprint density at radius 2 is 2.27 bits per heavy atom. The van der Waals surface area contributed by atoms with E-state index in [4.69, 9.17) is 22.4 Å². The van der Waals surface area contributed by atoms with Crippen molar-refractivity contribution >= 4 is 17.6 Å². The van der Waals surface area contributed by atoms with Gasteiger partial charge in [-0.1, -0.05) is 11.6 Å². The lowest BCUT2D eigenvalue weighted by atomic mass is 10.2. The summed E-state index contributed by atoms with van der Waals surface area (Å²) in [5.74, 6) is -0.942. The topological polar surface area (TPSA) is 81.1 Å². The van der Waals surface area contributed by atoms with Crippen LogP contribution < -0.4 is 5.73 Å². The lowest BCUT2D eigenvalue weighted by molar-refractivity contribution is -0.141. The van der Waals surface area contributed by atoms with Crippen molar-refractivity contribution in [2.45, 2.75) is 26.3 Å². The summed E-state index contributed by atoms with van der Waals surface area (Å²) in [7, 11) is 0.